The Morgan fingerprint density at radius 1 is 1.29 bits per heavy atom. The van der Waals surface area contributed by atoms with Gasteiger partial charge in [0, 0.05) is 24.2 Å². The molecule has 0 spiro atoms. The molecule has 6 heteroatoms. The summed E-state index contributed by atoms with van der Waals surface area (Å²) in [4.78, 5) is 23.8. The molecule has 1 aliphatic carbocycles. The summed E-state index contributed by atoms with van der Waals surface area (Å²) in [7, 11) is 0. The van der Waals surface area contributed by atoms with E-state index < -0.39 is 17.2 Å². The molecule has 1 aliphatic heterocycles. The van der Waals surface area contributed by atoms with Crippen LogP contribution in [0.15, 0.2) is 23.1 Å². The van der Waals surface area contributed by atoms with Gasteiger partial charge in [0.15, 0.2) is 0 Å². The summed E-state index contributed by atoms with van der Waals surface area (Å²) in [5, 5.41) is 12.7. The summed E-state index contributed by atoms with van der Waals surface area (Å²) in [6.45, 7) is 1.67. The number of nitrogens with zero attached hydrogens (tertiary/aromatic N) is 1. The summed E-state index contributed by atoms with van der Waals surface area (Å²) in [5.41, 5.74) is 0.364. The highest BCUT2D eigenvalue weighted by Crippen LogP contribution is 2.38. The molecule has 1 saturated heterocycles. The number of carbonyl (C=O) groups is 1. The molecule has 1 aromatic heterocycles. The molecule has 0 amide bonds. The SMILES string of the molecule is O=C(O)c1cn(C2CC2)c2cc(C3CCCNC3)c(F)cc2c1=O. The fourth-order valence-electron chi connectivity index (χ4n) is 3.62. The third-order valence-electron chi connectivity index (χ3n) is 5.06. The monoisotopic (exact) mass is 330 g/mol. The second-order valence-electron chi connectivity index (χ2n) is 6.75. The number of hydrogen-bond acceptors (Lipinski definition) is 3. The minimum Gasteiger partial charge on any atom is -0.477 e. The van der Waals surface area contributed by atoms with E-state index in [1.54, 1.807) is 6.07 Å². The standard InChI is InChI=1S/C18H19FN2O3/c19-15-6-13-16(7-12(15)10-2-1-5-20-8-10)21(11-3-4-11)9-14(17(13)22)18(23)24/h6-7,9-11,20H,1-5,8H2,(H,23,24). The number of aromatic carboxylic acids is 1. The van der Waals surface area contributed by atoms with Gasteiger partial charge in [-0.3, -0.25) is 4.79 Å². The highest BCUT2D eigenvalue weighted by atomic mass is 19.1. The highest BCUT2D eigenvalue weighted by Gasteiger charge is 2.28. The number of halogens is 1. The molecule has 126 valence electrons. The largest absolute Gasteiger partial charge is 0.477 e. The number of benzene rings is 1. The van der Waals surface area contributed by atoms with Crippen molar-refractivity contribution in [3.8, 4) is 0 Å². The number of fused-ring (bicyclic) bond motifs is 1. The summed E-state index contributed by atoms with van der Waals surface area (Å²) in [5.74, 6) is -1.60. The van der Waals surface area contributed by atoms with Crippen LogP contribution >= 0.6 is 0 Å². The van der Waals surface area contributed by atoms with Crippen LogP contribution in [0.25, 0.3) is 10.9 Å². The molecule has 2 heterocycles. The quantitative estimate of drug-likeness (QED) is 0.907. The molecule has 4 rings (SSSR count). The molecule has 0 bridgehead atoms. The summed E-state index contributed by atoms with van der Waals surface area (Å²) in [6, 6.07) is 3.19. The zero-order valence-electron chi connectivity index (χ0n) is 13.2. The van der Waals surface area contributed by atoms with Gasteiger partial charge in [-0.2, -0.15) is 0 Å². The van der Waals surface area contributed by atoms with Gasteiger partial charge < -0.3 is 15.0 Å². The third kappa shape index (κ3) is 2.51. The molecule has 2 aliphatic rings. The van der Waals surface area contributed by atoms with Gasteiger partial charge in [-0.1, -0.05) is 0 Å². The topological polar surface area (TPSA) is 71.3 Å². The number of rotatable bonds is 3. The van der Waals surface area contributed by atoms with Crippen LogP contribution in [0.3, 0.4) is 0 Å². The number of hydrogen-bond donors (Lipinski definition) is 2. The molecule has 1 atom stereocenters. The Balaban J connectivity index is 1.95. The molecule has 1 unspecified atom stereocenters. The number of pyridine rings is 1. The van der Waals surface area contributed by atoms with Crippen molar-refractivity contribution in [3.63, 3.8) is 0 Å². The smallest absolute Gasteiger partial charge is 0.341 e. The molecule has 1 saturated carbocycles. The van der Waals surface area contributed by atoms with Crippen molar-refractivity contribution in [1.29, 1.82) is 0 Å². The zero-order chi connectivity index (χ0) is 16.8. The van der Waals surface area contributed by atoms with Crippen LogP contribution in [-0.4, -0.2) is 28.7 Å². The summed E-state index contributed by atoms with van der Waals surface area (Å²) in [6.07, 6.45) is 5.24. The molecular weight excluding hydrogens is 311 g/mol. The van der Waals surface area contributed by atoms with Crippen molar-refractivity contribution < 1.29 is 14.3 Å². The number of carboxylic acid groups (broad SMARTS) is 1. The Bertz CT molecular complexity index is 880. The zero-order valence-corrected chi connectivity index (χ0v) is 13.2. The van der Waals surface area contributed by atoms with E-state index in [2.05, 4.69) is 5.32 Å². The normalized spacial score (nSPS) is 21.1. The third-order valence-corrected chi connectivity index (χ3v) is 5.06. The number of aromatic nitrogens is 1. The fraction of sp³-hybridized carbons (Fsp3) is 0.444. The molecule has 24 heavy (non-hydrogen) atoms. The van der Waals surface area contributed by atoms with E-state index in [0.717, 1.165) is 38.8 Å². The van der Waals surface area contributed by atoms with Crippen molar-refractivity contribution in [3.05, 3.63) is 45.5 Å². The van der Waals surface area contributed by atoms with Gasteiger partial charge in [0.1, 0.15) is 11.4 Å². The molecule has 2 fully saturated rings. The summed E-state index contributed by atoms with van der Waals surface area (Å²) < 4.78 is 16.5. The van der Waals surface area contributed by atoms with Crippen LogP contribution in [0.2, 0.25) is 0 Å². The number of nitrogens with one attached hydrogen (secondary N) is 1. The van der Waals surface area contributed by atoms with Gasteiger partial charge in [-0.15, -0.1) is 0 Å². The maximum Gasteiger partial charge on any atom is 0.341 e. The van der Waals surface area contributed by atoms with Crippen LogP contribution in [0, 0.1) is 5.82 Å². The first-order valence-electron chi connectivity index (χ1n) is 8.38. The van der Waals surface area contributed by atoms with Gasteiger partial charge in [0.05, 0.1) is 5.52 Å². The lowest BCUT2D eigenvalue weighted by atomic mass is 9.90. The lowest BCUT2D eigenvalue weighted by Gasteiger charge is -2.24. The first-order chi connectivity index (χ1) is 11.6. The van der Waals surface area contributed by atoms with E-state index in [1.165, 1.54) is 12.3 Å². The van der Waals surface area contributed by atoms with E-state index in [1.807, 2.05) is 4.57 Å². The van der Waals surface area contributed by atoms with Crippen molar-refractivity contribution in [2.45, 2.75) is 37.6 Å². The average Bonchev–Trinajstić information content (AvgIpc) is 3.40. The molecule has 0 radical (unpaired) electrons. The Kier molecular flexibility index (Phi) is 3.64. The predicted molar refractivity (Wildman–Crippen MR) is 88.2 cm³/mol. The van der Waals surface area contributed by atoms with Crippen LogP contribution in [0.4, 0.5) is 4.39 Å². The number of carboxylic acids is 1. The van der Waals surface area contributed by atoms with Crippen LogP contribution in [0.1, 0.15) is 53.6 Å². The van der Waals surface area contributed by atoms with Gasteiger partial charge in [-0.25, -0.2) is 9.18 Å². The van der Waals surface area contributed by atoms with Gasteiger partial charge >= 0.3 is 5.97 Å². The lowest BCUT2D eigenvalue weighted by Crippen LogP contribution is -2.29. The Labute approximate surface area is 138 Å². The first kappa shape index (κ1) is 15.3. The Morgan fingerprint density at radius 2 is 2.08 bits per heavy atom. The highest BCUT2D eigenvalue weighted by molar-refractivity contribution is 5.92. The van der Waals surface area contributed by atoms with Crippen LogP contribution < -0.4 is 10.7 Å². The first-order valence-corrected chi connectivity index (χ1v) is 8.38. The van der Waals surface area contributed by atoms with Crippen molar-refractivity contribution in [2.24, 2.45) is 0 Å². The molecule has 5 nitrogen and oxygen atoms in total. The van der Waals surface area contributed by atoms with Gasteiger partial charge in [0.25, 0.3) is 0 Å². The van der Waals surface area contributed by atoms with E-state index in [4.69, 9.17) is 0 Å². The second-order valence-corrected chi connectivity index (χ2v) is 6.75. The molecule has 2 N–H and O–H groups in total. The van der Waals surface area contributed by atoms with E-state index in [-0.39, 0.29) is 22.9 Å². The second kappa shape index (κ2) is 5.70. The van der Waals surface area contributed by atoms with Crippen LogP contribution in [0.5, 0.6) is 0 Å². The van der Waals surface area contributed by atoms with Crippen LogP contribution in [-0.2, 0) is 0 Å². The average molecular weight is 330 g/mol. The van der Waals surface area contributed by atoms with Crippen molar-refractivity contribution in [2.75, 3.05) is 13.1 Å². The molecule has 2 aromatic rings. The fourth-order valence-corrected chi connectivity index (χ4v) is 3.62. The predicted octanol–water partition coefficient (Wildman–Crippen LogP) is 2.64. The Hall–Kier alpha value is -2.21. The summed E-state index contributed by atoms with van der Waals surface area (Å²) >= 11 is 0. The lowest BCUT2D eigenvalue weighted by molar-refractivity contribution is 0.0695. The minimum absolute atomic E-state index is 0.0880. The van der Waals surface area contributed by atoms with Gasteiger partial charge in [-0.05, 0) is 55.8 Å². The van der Waals surface area contributed by atoms with E-state index in [0.29, 0.717) is 11.1 Å². The van der Waals surface area contributed by atoms with E-state index in [9.17, 15) is 19.1 Å². The molecular formula is C18H19FN2O3. The van der Waals surface area contributed by atoms with E-state index >= 15 is 0 Å². The molecule has 1 aromatic carbocycles. The van der Waals surface area contributed by atoms with Crippen molar-refractivity contribution in [1.82, 2.24) is 9.88 Å². The van der Waals surface area contributed by atoms with Gasteiger partial charge in [0.2, 0.25) is 5.43 Å². The minimum atomic E-state index is -1.27. The maximum atomic E-state index is 14.6. The maximum absolute atomic E-state index is 14.6. The number of piperidine rings is 1. The van der Waals surface area contributed by atoms with Crippen molar-refractivity contribution >= 4 is 16.9 Å². The Morgan fingerprint density at radius 3 is 2.71 bits per heavy atom.